The van der Waals surface area contributed by atoms with E-state index in [-0.39, 0.29) is 11.6 Å². The van der Waals surface area contributed by atoms with Gasteiger partial charge in [-0.15, -0.1) is 0 Å². The van der Waals surface area contributed by atoms with Gasteiger partial charge < -0.3 is 9.47 Å². The van der Waals surface area contributed by atoms with Crippen LogP contribution < -0.4 is 0 Å². The fraction of sp³-hybridized carbons (Fsp3) is 0.364. The molecule has 4 nitrogen and oxygen atoms in total. The van der Waals surface area contributed by atoms with Gasteiger partial charge in [0.25, 0.3) is 0 Å². The first-order valence-electron chi connectivity index (χ1n) is 9.24. The van der Waals surface area contributed by atoms with E-state index in [1.807, 2.05) is 36.4 Å². The van der Waals surface area contributed by atoms with Gasteiger partial charge in [-0.2, -0.15) is 0 Å². The van der Waals surface area contributed by atoms with Crippen molar-refractivity contribution < 1.29 is 9.59 Å². The number of rotatable bonds is 5. The second-order valence-electron chi connectivity index (χ2n) is 7.59. The van der Waals surface area contributed by atoms with E-state index < -0.39 is 0 Å². The van der Waals surface area contributed by atoms with Gasteiger partial charge in [-0.3, -0.25) is 9.59 Å². The molecule has 0 unspecified atom stereocenters. The standard InChI is InChI=1S/C22H24N2O2/c1-14-12-23(13-14)8-9-24-21-6-4-17(15(2)25)10-19(21)20-11-18(16(3)26)5-7-22(20)24/h4-7,10-11,14H,8-9,12-13H2,1-3H3. The highest BCUT2D eigenvalue weighted by atomic mass is 16.1. The summed E-state index contributed by atoms with van der Waals surface area (Å²) in [7, 11) is 0. The van der Waals surface area contributed by atoms with Crippen molar-refractivity contribution in [3.05, 3.63) is 47.5 Å². The molecule has 0 bridgehead atoms. The SMILES string of the molecule is CC(=O)c1ccc2c(c1)c1cc(C(C)=O)ccc1n2CCN1CC(C)C1. The third-order valence-electron chi connectivity index (χ3n) is 5.46. The average molecular weight is 348 g/mol. The largest absolute Gasteiger partial charge is 0.339 e. The van der Waals surface area contributed by atoms with Crippen LogP contribution in [0.5, 0.6) is 0 Å². The topological polar surface area (TPSA) is 42.3 Å². The van der Waals surface area contributed by atoms with Crippen molar-refractivity contribution in [2.75, 3.05) is 19.6 Å². The fourth-order valence-electron chi connectivity index (χ4n) is 4.04. The van der Waals surface area contributed by atoms with E-state index >= 15 is 0 Å². The molecular weight excluding hydrogens is 324 g/mol. The number of hydrogen-bond acceptors (Lipinski definition) is 3. The Morgan fingerprint density at radius 3 is 1.81 bits per heavy atom. The minimum Gasteiger partial charge on any atom is -0.339 e. The van der Waals surface area contributed by atoms with Crippen LogP contribution in [-0.2, 0) is 6.54 Å². The van der Waals surface area contributed by atoms with Gasteiger partial charge in [0.1, 0.15) is 0 Å². The number of Topliss-reactive ketones (excluding diaryl/α,β-unsaturated/α-hetero) is 2. The van der Waals surface area contributed by atoms with E-state index in [4.69, 9.17) is 0 Å². The quantitative estimate of drug-likeness (QED) is 0.651. The Bertz CT molecular complexity index is 954. The normalized spacial score (nSPS) is 15.5. The van der Waals surface area contributed by atoms with Crippen molar-refractivity contribution >= 4 is 33.4 Å². The van der Waals surface area contributed by atoms with Crippen LogP contribution in [0.2, 0.25) is 0 Å². The van der Waals surface area contributed by atoms with E-state index in [0.29, 0.717) is 11.1 Å². The molecule has 3 aromatic rings. The Balaban J connectivity index is 1.84. The molecule has 0 atom stereocenters. The van der Waals surface area contributed by atoms with E-state index in [2.05, 4.69) is 16.4 Å². The lowest BCUT2D eigenvalue weighted by Gasteiger charge is -2.37. The van der Waals surface area contributed by atoms with Crippen LogP contribution >= 0.6 is 0 Å². The maximum atomic E-state index is 11.8. The van der Waals surface area contributed by atoms with Gasteiger partial charge in [-0.25, -0.2) is 0 Å². The first-order valence-corrected chi connectivity index (χ1v) is 9.24. The molecule has 0 spiro atoms. The lowest BCUT2D eigenvalue weighted by atomic mass is 10.0. The molecule has 0 aliphatic carbocycles. The van der Waals surface area contributed by atoms with Crippen molar-refractivity contribution in [1.82, 2.24) is 9.47 Å². The summed E-state index contributed by atoms with van der Waals surface area (Å²) in [6.07, 6.45) is 0. The maximum Gasteiger partial charge on any atom is 0.159 e. The summed E-state index contributed by atoms with van der Waals surface area (Å²) in [6.45, 7) is 9.72. The molecule has 0 saturated carbocycles. The molecule has 1 aliphatic heterocycles. The smallest absolute Gasteiger partial charge is 0.159 e. The second kappa shape index (κ2) is 6.36. The number of nitrogens with zero attached hydrogens (tertiary/aromatic N) is 2. The first kappa shape index (κ1) is 17.0. The van der Waals surface area contributed by atoms with Gasteiger partial charge in [-0.1, -0.05) is 6.92 Å². The highest BCUT2D eigenvalue weighted by Crippen LogP contribution is 2.31. The van der Waals surface area contributed by atoms with Crippen molar-refractivity contribution in [2.24, 2.45) is 5.92 Å². The number of fused-ring (bicyclic) bond motifs is 3. The predicted octanol–water partition coefficient (Wildman–Crippen LogP) is 4.15. The van der Waals surface area contributed by atoms with Crippen molar-refractivity contribution in [1.29, 1.82) is 0 Å². The lowest BCUT2D eigenvalue weighted by Crippen LogP contribution is -2.46. The number of benzene rings is 2. The van der Waals surface area contributed by atoms with E-state index in [1.165, 1.54) is 13.1 Å². The van der Waals surface area contributed by atoms with Crippen LogP contribution in [0.3, 0.4) is 0 Å². The van der Waals surface area contributed by atoms with Crippen LogP contribution in [0.25, 0.3) is 21.8 Å². The molecule has 0 radical (unpaired) electrons. The van der Waals surface area contributed by atoms with Crippen LogP contribution in [0.1, 0.15) is 41.5 Å². The highest BCUT2D eigenvalue weighted by molar-refractivity contribution is 6.12. The fourth-order valence-corrected chi connectivity index (χ4v) is 4.04. The molecule has 0 amide bonds. The number of aromatic nitrogens is 1. The molecule has 0 N–H and O–H groups in total. The maximum absolute atomic E-state index is 11.8. The summed E-state index contributed by atoms with van der Waals surface area (Å²) in [5.41, 5.74) is 3.67. The molecule has 1 aliphatic rings. The summed E-state index contributed by atoms with van der Waals surface area (Å²) in [5.74, 6) is 0.916. The summed E-state index contributed by atoms with van der Waals surface area (Å²) < 4.78 is 2.32. The van der Waals surface area contributed by atoms with Gasteiger partial charge >= 0.3 is 0 Å². The lowest BCUT2D eigenvalue weighted by molar-refractivity contribution is 0.100. The van der Waals surface area contributed by atoms with E-state index in [9.17, 15) is 9.59 Å². The minimum atomic E-state index is 0.0603. The highest BCUT2D eigenvalue weighted by Gasteiger charge is 2.22. The molecule has 4 heteroatoms. The zero-order valence-electron chi connectivity index (χ0n) is 15.6. The van der Waals surface area contributed by atoms with Crippen molar-refractivity contribution in [3.63, 3.8) is 0 Å². The third kappa shape index (κ3) is 2.84. The van der Waals surface area contributed by atoms with Crippen molar-refractivity contribution in [3.8, 4) is 0 Å². The van der Waals surface area contributed by atoms with Crippen LogP contribution in [-0.4, -0.2) is 40.7 Å². The monoisotopic (exact) mass is 348 g/mol. The second-order valence-corrected chi connectivity index (χ2v) is 7.59. The molecule has 1 fully saturated rings. The number of carbonyl (C=O) groups excluding carboxylic acids is 2. The van der Waals surface area contributed by atoms with E-state index in [0.717, 1.165) is 40.8 Å². The molecule has 2 aromatic carbocycles. The van der Waals surface area contributed by atoms with Crippen LogP contribution in [0, 0.1) is 5.92 Å². The number of ketones is 2. The minimum absolute atomic E-state index is 0.0603. The summed E-state index contributed by atoms with van der Waals surface area (Å²) in [4.78, 5) is 26.1. The summed E-state index contributed by atoms with van der Waals surface area (Å²) in [6, 6.07) is 11.8. The van der Waals surface area contributed by atoms with Crippen LogP contribution in [0.15, 0.2) is 36.4 Å². The Labute approximate surface area is 153 Å². The average Bonchev–Trinajstić information content (AvgIpc) is 2.90. The Morgan fingerprint density at radius 2 is 1.38 bits per heavy atom. The number of carbonyl (C=O) groups is 2. The number of likely N-dealkylation sites (tertiary alicyclic amines) is 1. The molecule has 4 rings (SSSR count). The molecule has 2 heterocycles. The predicted molar refractivity (Wildman–Crippen MR) is 105 cm³/mol. The van der Waals surface area contributed by atoms with E-state index in [1.54, 1.807) is 13.8 Å². The first-order chi connectivity index (χ1) is 12.4. The Kier molecular flexibility index (Phi) is 4.16. The molecule has 1 aromatic heterocycles. The summed E-state index contributed by atoms with van der Waals surface area (Å²) >= 11 is 0. The summed E-state index contributed by atoms with van der Waals surface area (Å²) in [5, 5.41) is 2.10. The Morgan fingerprint density at radius 1 is 0.885 bits per heavy atom. The van der Waals surface area contributed by atoms with Gasteiger partial charge in [0, 0.05) is 59.1 Å². The van der Waals surface area contributed by atoms with Gasteiger partial charge in [0.05, 0.1) is 0 Å². The zero-order chi connectivity index (χ0) is 18.4. The zero-order valence-corrected chi connectivity index (χ0v) is 15.6. The van der Waals surface area contributed by atoms with Gasteiger partial charge in [0.2, 0.25) is 0 Å². The van der Waals surface area contributed by atoms with Crippen LogP contribution in [0.4, 0.5) is 0 Å². The van der Waals surface area contributed by atoms with Gasteiger partial charge in [0.15, 0.2) is 11.6 Å². The molecular formula is C22H24N2O2. The third-order valence-corrected chi connectivity index (χ3v) is 5.46. The number of hydrogen-bond donors (Lipinski definition) is 0. The molecule has 26 heavy (non-hydrogen) atoms. The van der Waals surface area contributed by atoms with Crippen molar-refractivity contribution in [2.45, 2.75) is 27.3 Å². The Hall–Kier alpha value is -2.46. The molecule has 134 valence electrons. The molecule has 1 saturated heterocycles. The van der Waals surface area contributed by atoms with Gasteiger partial charge in [-0.05, 0) is 56.2 Å².